The summed E-state index contributed by atoms with van der Waals surface area (Å²) in [5.41, 5.74) is 1.51. The van der Waals surface area contributed by atoms with Gasteiger partial charge in [-0.05, 0) is 46.5 Å². The number of ether oxygens (including phenoxy) is 2. The predicted octanol–water partition coefficient (Wildman–Crippen LogP) is 3.60. The molecule has 1 aliphatic rings. The van der Waals surface area contributed by atoms with Crippen LogP contribution in [0.4, 0.5) is 5.00 Å². The monoisotopic (exact) mass is 473 g/mol. The second-order valence-electron chi connectivity index (χ2n) is 9.41. The molecule has 33 heavy (non-hydrogen) atoms. The first-order chi connectivity index (χ1) is 15.6. The van der Waals surface area contributed by atoms with E-state index < -0.39 is 11.6 Å². The molecule has 3 rings (SSSR count). The highest BCUT2D eigenvalue weighted by Gasteiger charge is 2.27. The van der Waals surface area contributed by atoms with Gasteiger partial charge >= 0.3 is 5.97 Å². The van der Waals surface area contributed by atoms with Crippen molar-refractivity contribution in [2.45, 2.75) is 26.4 Å². The maximum Gasteiger partial charge on any atom is 0.326 e. The molecule has 0 saturated carbocycles. The first-order valence-corrected chi connectivity index (χ1v) is 12.1. The van der Waals surface area contributed by atoms with E-state index in [4.69, 9.17) is 9.47 Å². The van der Waals surface area contributed by atoms with Crippen molar-refractivity contribution in [2.24, 2.45) is 0 Å². The Kier molecular flexibility index (Phi) is 8.51. The van der Waals surface area contributed by atoms with Crippen LogP contribution in [-0.4, -0.2) is 87.3 Å². The lowest BCUT2D eigenvalue weighted by atomic mass is 10.1. The molecule has 0 unspecified atom stereocenters. The van der Waals surface area contributed by atoms with Crippen LogP contribution >= 0.6 is 11.3 Å². The van der Waals surface area contributed by atoms with Crippen molar-refractivity contribution in [3.63, 3.8) is 0 Å². The van der Waals surface area contributed by atoms with Crippen molar-refractivity contribution in [1.82, 2.24) is 9.80 Å². The van der Waals surface area contributed by atoms with Crippen LogP contribution < -0.4 is 4.90 Å². The SMILES string of the molecule is CN(C)CCN(CC(=O)OC(C)(C)C)C(=O)c1cc(-c2ccccc2)c(N2CCOCC2)s1. The van der Waals surface area contributed by atoms with Gasteiger partial charge in [-0.15, -0.1) is 11.3 Å². The summed E-state index contributed by atoms with van der Waals surface area (Å²) in [5.74, 6) is -0.549. The molecule has 1 saturated heterocycles. The summed E-state index contributed by atoms with van der Waals surface area (Å²) in [6, 6.07) is 12.1. The molecule has 2 heterocycles. The fourth-order valence-corrected chi connectivity index (χ4v) is 4.77. The first kappa shape index (κ1) is 25.2. The molecule has 0 bridgehead atoms. The summed E-state index contributed by atoms with van der Waals surface area (Å²) in [4.78, 5) is 32.6. The van der Waals surface area contributed by atoms with Crippen LogP contribution in [0.5, 0.6) is 0 Å². The number of amides is 1. The Hall–Kier alpha value is -2.42. The maximum atomic E-state index is 13.6. The van der Waals surface area contributed by atoms with E-state index in [1.54, 1.807) is 4.90 Å². The van der Waals surface area contributed by atoms with Crippen LogP contribution in [0.2, 0.25) is 0 Å². The zero-order chi connectivity index (χ0) is 24.0. The van der Waals surface area contributed by atoms with Gasteiger partial charge in [0.05, 0.1) is 23.1 Å². The Morgan fingerprint density at radius 1 is 1.09 bits per heavy atom. The summed E-state index contributed by atoms with van der Waals surface area (Å²) in [6.07, 6.45) is 0. The van der Waals surface area contributed by atoms with Crippen LogP contribution in [0.3, 0.4) is 0 Å². The number of morpholine rings is 1. The van der Waals surface area contributed by atoms with Gasteiger partial charge in [0.25, 0.3) is 5.91 Å². The van der Waals surface area contributed by atoms with Crippen molar-refractivity contribution >= 4 is 28.2 Å². The molecule has 7 nitrogen and oxygen atoms in total. The van der Waals surface area contributed by atoms with Gasteiger partial charge in [0.15, 0.2) is 0 Å². The fourth-order valence-electron chi connectivity index (χ4n) is 3.57. The number of rotatable bonds is 8. The summed E-state index contributed by atoms with van der Waals surface area (Å²) >= 11 is 1.49. The highest BCUT2D eigenvalue weighted by Crippen LogP contribution is 2.39. The number of esters is 1. The second-order valence-corrected chi connectivity index (χ2v) is 10.4. The first-order valence-electron chi connectivity index (χ1n) is 11.3. The molecule has 1 aliphatic heterocycles. The molecule has 0 aliphatic carbocycles. The lowest BCUT2D eigenvalue weighted by molar-refractivity contribution is -0.155. The smallest absolute Gasteiger partial charge is 0.326 e. The number of carbonyl (C=O) groups is 2. The summed E-state index contributed by atoms with van der Waals surface area (Å²) < 4.78 is 11.0. The number of hydrogen-bond acceptors (Lipinski definition) is 7. The van der Waals surface area contributed by atoms with E-state index in [-0.39, 0.29) is 12.5 Å². The van der Waals surface area contributed by atoms with E-state index in [0.29, 0.717) is 31.2 Å². The minimum atomic E-state index is -0.597. The lowest BCUT2D eigenvalue weighted by Gasteiger charge is -2.28. The Bertz CT molecular complexity index is 931. The molecule has 1 amide bonds. The van der Waals surface area contributed by atoms with E-state index in [2.05, 4.69) is 17.0 Å². The van der Waals surface area contributed by atoms with Gasteiger partial charge in [-0.25, -0.2) is 0 Å². The van der Waals surface area contributed by atoms with Gasteiger partial charge in [-0.1, -0.05) is 30.3 Å². The van der Waals surface area contributed by atoms with E-state index in [0.717, 1.165) is 29.2 Å². The quantitative estimate of drug-likeness (QED) is 0.546. The fraction of sp³-hybridized carbons (Fsp3) is 0.520. The Morgan fingerprint density at radius 2 is 1.76 bits per heavy atom. The van der Waals surface area contributed by atoms with E-state index >= 15 is 0 Å². The van der Waals surface area contributed by atoms with E-state index in [1.807, 2.05) is 64.0 Å². The minimum Gasteiger partial charge on any atom is -0.459 e. The number of carbonyl (C=O) groups excluding carboxylic acids is 2. The van der Waals surface area contributed by atoms with Crippen LogP contribution in [0, 0.1) is 0 Å². The van der Waals surface area contributed by atoms with Crippen LogP contribution in [0.1, 0.15) is 30.4 Å². The van der Waals surface area contributed by atoms with Gasteiger partial charge in [0, 0.05) is 31.7 Å². The molecule has 0 N–H and O–H groups in total. The molecule has 2 aromatic rings. The third kappa shape index (κ3) is 7.28. The van der Waals surface area contributed by atoms with Crippen molar-refractivity contribution < 1.29 is 19.1 Å². The van der Waals surface area contributed by atoms with Crippen molar-refractivity contribution in [2.75, 3.05) is 64.9 Å². The number of nitrogens with zero attached hydrogens (tertiary/aromatic N) is 3. The predicted molar refractivity (Wildman–Crippen MR) is 133 cm³/mol. The van der Waals surface area contributed by atoms with Crippen molar-refractivity contribution in [3.05, 3.63) is 41.3 Å². The number of likely N-dealkylation sites (N-methyl/N-ethyl adjacent to an activating group) is 1. The second kappa shape index (κ2) is 11.1. The van der Waals surface area contributed by atoms with E-state index in [1.165, 1.54) is 11.3 Å². The zero-order valence-electron chi connectivity index (χ0n) is 20.3. The Balaban J connectivity index is 1.91. The molecule has 0 radical (unpaired) electrons. The average Bonchev–Trinajstić information content (AvgIpc) is 3.21. The highest BCUT2D eigenvalue weighted by molar-refractivity contribution is 7.18. The number of thiophene rings is 1. The molecule has 0 atom stereocenters. The molecular weight excluding hydrogens is 438 g/mol. The largest absolute Gasteiger partial charge is 0.459 e. The Morgan fingerprint density at radius 3 is 2.36 bits per heavy atom. The van der Waals surface area contributed by atoms with Crippen LogP contribution in [0.15, 0.2) is 36.4 Å². The topological polar surface area (TPSA) is 62.3 Å². The summed E-state index contributed by atoms with van der Waals surface area (Å²) in [7, 11) is 3.90. The average molecular weight is 474 g/mol. The molecule has 1 aromatic heterocycles. The lowest BCUT2D eigenvalue weighted by Crippen LogP contribution is -2.41. The molecule has 8 heteroatoms. The highest BCUT2D eigenvalue weighted by atomic mass is 32.1. The minimum absolute atomic E-state index is 0.0740. The molecule has 0 spiro atoms. The Labute approximate surface area is 200 Å². The van der Waals surface area contributed by atoms with Gasteiger partial charge in [0.2, 0.25) is 0 Å². The molecule has 1 fully saturated rings. The summed E-state index contributed by atoms with van der Waals surface area (Å²) in [6.45, 7) is 9.43. The molecular formula is C25H35N3O4S. The normalized spacial score (nSPS) is 14.4. The molecule has 180 valence electrons. The number of anilines is 1. The van der Waals surface area contributed by atoms with Gasteiger partial charge < -0.3 is 24.2 Å². The standard InChI is InChI=1S/C25H35N3O4S/c1-25(2,3)32-22(29)18-28(12-11-26(4)5)23(30)21-17-20(19-9-7-6-8-10-19)24(33-21)27-13-15-31-16-14-27/h6-10,17H,11-16,18H2,1-5H3. The van der Waals surface area contributed by atoms with Crippen LogP contribution in [-0.2, 0) is 14.3 Å². The van der Waals surface area contributed by atoms with Gasteiger partial charge in [-0.2, -0.15) is 0 Å². The van der Waals surface area contributed by atoms with Gasteiger partial charge in [-0.3, -0.25) is 9.59 Å². The van der Waals surface area contributed by atoms with Crippen LogP contribution in [0.25, 0.3) is 11.1 Å². The van der Waals surface area contributed by atoms with Gasteiger partial charge in [0.1, 0.15) is 12.1 Å². The maximum absolute atomic E-state index is 13.6. The third-order valence-corrected chi connectivity index (χ3v) is 6.33. The summed E-state index contributed by atoms with van der Waals surface area (Å²) in [5, 5.41) is 1.07. The van der Waals surface area contributed by atoms with Crippen molar-refractivity contribution in [1.29, 1.82) is 0 Å². The van der Waals surface area contributed by atoms with Crippen molar-refractivity contribution in [3.8, 4) is 11.1 Å². The number of benzene rings is 1. The number of hydrogen-bond donors (Lipinski definition) is 0. The molecule has 1 aromatic carbocycles. The zero-order valence-corrected chi connectivity index (χ0v) is 21.1. The van der Waals surface area contributed by atoms with E-state index in [9.17, 15) is 9.59 Å². The third-order valence-electron chi connectivity index (χ3n) is 5.15.